The number of aromatic nitrogens is 2. The van der Waals surface area contributed by atoms with Crippen LogP contribution in [0.3, 0.4) is 0 Å². The summed E-state index contributed by atoms with van der Waals surface area (Å²) >= 11 is 3.36. The molecule has 0 aliphatic rings. The molecule has 1 aromatic heterocycles. The van der Waals surface area contributed by atoms with Gasteiger partial charge in [-0.3, -0.25) is 9.82 Å². The quantitative estimate of drug-likeness (QED) is 0.726. The smallest absolute Gasteiger partial charge is 0.263 e. The Bertz CT molecular complexity index is 714. The molecule has 8 heteroatoms. The van der Waals surface area contributed by atoms with Crippen molar-refractivity contribution in [2.24, 2.45) is 0 Å². The number of nitrogens with one attached hydrogen (secondary N) is 3. The van der Waals surface area contributed by atoms with Crippen molar-refractivity contribution in [1.29, 1.82) is 0 Å². The zero-order valence-corrected chi connectivity index (χ0v) is 14.2. The van der Waals surface area contributed by atoms with Crippen molar-refractivity contribution in [2.45, 2.75) is 25.3 Å². The van der Waals surface area contributed by atoms with E-state index in [1.54, 1.807) is 6.07 Å². The molecule has 1 aromatic carbocycles. The summed E-state index contributed by atoms with van der Waals surface area (Å²) in [6, 6.07) is 3.63. The highest BCUT2D eigenvalue weighted by Gasteiger charge is 2.20. The molecule has 3 N–H and O–H groups in total. The number of hydrogen-bond donors (Lipinski definition) is 3. The number of H-pyrrole nitrogens is 1. The number of aryl methyl sites for hydroxylation is 1. The summed E-state index contributed by atoms with van der Waals surface area (Å²) < 4.78 is 28.1. The molecule has 2 rings (SSSR count). The van der Waals surface area contributed by atoms with Crippen LogP contribution in [0, 0.1) is 6.92 Å². The topological polar surface area (TPSA) is 86.9 Å². The van der Waals surface area contributed by atoms with Crippen LogP contribution in [-0.2, 0) is 16.6 Å². The van der Waals surface area contributed by atoms with Gasteiger partial charge in [0, 0.05) is 17.2 Å². The number of rotatable bonds is 6. The molecule has 0 amide bonds. The van der Waals surface area contributed by atoms with Crippen LogP contribution in [0.5, 0.6) is 0 Å². The molecular formula is C13H17BrN4O2S. The number of nitrogens with zero attached hydrogens (tertiary/aromatic N) is 1. The van der Waals surface area contributed by atoms with Crippen molar-refractivity contribution in [3.05, 3.63) is 40.1 Å². The molecule has 6 nitrogen and oxygen atoms in total. The van der Waals surface area contributed by atoms with E-state index in [0.29, 0.717) is 16.7 Å². The SMILES string of the molecule is CCNCc1cc(C)c(Br)c(S(=O)(=O)Nc2cn[nH]c2)c1. The highest BCUT2D eigenvalue weighted by Crippen LogP contribution is 2.28. The fraction of sp³-hybridized carbons (Fsp3) is 0.308. The summed E-state index contributed by atoms with van der Waals surface area (Å²) in [7, 11) is -3.67. The largest absolute Gasteiger partial charge is 0.313 e. The Labute approximate surface area is 132 Å². The Kier molecular flexibility index (Phi) is 5.02. The second kappa shape index (κ2) is 6.59. The summed E-state index contributed by atoms with van der Waals surface area (Å²) in [6.07, 6.45) is 2.90. The summed E-state index contributed by atoms with van der Waals surface area (Å²) in [5, 5.41) is 9.48. The predicted octanol–water partition coefficient (Wildman–Crippen LogP) is 2.39. The first-order chi connectivity index (χ1) is 9.94. The Hall–Kier alpha value is -1.38. The second-order valence-corrected chi connectivity index (χ2v) is 7.04. The lowest BCUT2D eigenvalue weighted by molar-refractivity contribution is 0.600. The number of anilines is 1. The molecule has 0 fully saturated rings. The standard InChI is InChI=1S/C13H17BrN4O2S/c1-3-15-6-10-4-9(2)13(14)12(5-10)21(19,20)18-11-7-16-17-8-11/h4-5,7-8,15,18H,3,6H2,1-2H3,(H,16,17). The maximum absolute atomic E-state index is 12.5. The predicted molar refractivity (Wildman–Crippen MR) is 85.7 cm³/mol. The van der Waals surface area contributed by atoms with E-state index in [0.717, 1.165) is 17.7 Å². The van der Waals surface area contributed by atoms with Gasteiger partial charge < -0.3 is 5.32 Å². The van der Waals surface area contributed by atoms with Gasteiger partial charge in [-0.05, 0) is 46.6 Å². The average Bonchev–Trinajstić information content (AvgIpc) is 2.91. The van der Waals surface area contributed by atoms with Gasteiger partial charge >= 0.3 is 0 Å². The van der Waals surface area contributed by atoms with Gasteiger partial charge in [-0.2, -0.15) is 5.10 Å². The summed E-state index contributed by atoms with van der Waals surface area (Å²) in [4.78, 5) is 0.219. The van der Waals surface area contributed by atoms with Crippen molar-refractivity contribution >= 4 is 31.6 Å². The number of sulfonamides is 1. The maximum Gasteiger partial charge on any atom is 0.263 e. The van der Waals surface area contributed by atoms with Gasteiger partial charge in [0.1, 0.15) is 4.90 Å². The minimum absolute atomic E-state index is 0.219. The van der Waals surface area contributed by atoms with Gasteiger partial charge in [-0.15, -0.1) is 0 Å². The van der Waals surface area contributed by atoms with Gasteiger partial charge in [0.25, 0.3) is 10.0 Å². The highest BCUT2D eigenvalue weighted by atomic mass is 79.9. The van der Waals surface area contributed by atoms with Crippen molar-refractivity contribution in [3.63, 3.8) is 0 Å². The minimum Gasteiger partial charge on any atom is -0.313 e. The lowest BCUT2D eigenvalue weighted by Gasteiger charge is -2.12. The fourth-order valence-corrected chi connectivity index (χ4v) is 4.00. The van der Waals surface area contributed by atoms with Gasteiger partial charge in [0.15, 0.2) is 0 Å². The molecule has 0 spiro atoms. The lowest BCUT2D eigenvalue weighted by atomic mass is 10.1. The van der Waals surface area contributed by atoms with Crippen LogP contribution in [0.2, 0.25) is 0 Å². The van der Waals surface area contributed by atoms with E-state index in [2.05, 4.69) is 36.2 Å². The number of halogens is 1. The van der Waals surface area contributed by atoms with E-state index in [1.807, 2.05) is 19.9 Å². The summed E-state index contributed by atoms with van der Waals surface area (Å²) in [5.74, 6) is 0. The average molecular weight is 373 g/mol. The van der Waals surface area contributed by atoms with E-state index in [4.69, 9.17) is 0 Å². The van der Waals surface area contributed by atoms with E-state index >= 15 is 0 Å². The van der Waals surface area contributed by atoms with Gasteiger partial charge in [0.2, 0.25) is 0 Å². The Morgan fingerprint density at radius 2 is 2.14 bits per heavy atom. The van der Waals surface area contributed by atoms with Crippen molar-refractivity contribution in [3.8, 4) is 0 Å². The molecule has 114 valence electrons. The normalized spacial score (nSPS) is 11.6. The summed E-state index contributed by atoms with van der Waals surface area (Å²) in [5.41, 5.74) is 2.19. The molecule has 0 aliphatic heterocycles. The first-order valence-electron chi connectivity index (χ1n) is 6.45. The fourth-order valence-electron chi connectivity index (χ4n) is 1.89. The monoisotopic (exact) mass is 372 g/mol. The van der Waals surface area contributed by atoms with Crippen LogP contribution in [0.4, 0.5) is 5.69 Å². The van der Waals surface area contributed by atoms with E-state index in [9.17, 15) is 8.42 Å². The van der Waals surface area contributed by atoms with Gasteiger partial charge in [0.05, 0.1) is 11.9 Å². The Morgan fingerprint density at radius 1 is 1.38 bits per heavy atom. The van der Waals surface area contributed by atoms with Crippen LogP contribution in [0.25, 0.3) is 0 Å². The molecule has 0 saturated carbocycles. The number of aromatic amines is 1. The molecule has 0 unspecified atom stereocenters. The Morgan fingerprint density at radius 3 is 2.76 bits per heavy atom. The van der Waals surface area contributed by atoms with E-state index in [-0.39, 0.29) is 4.90 Å². The van der Waals surface area contributed by atoms with Crippen LogP contribution >= 0.6 is 15.9 Å². The van der Waals surface area contributed by atoms with Crippen molar-refractivity contribution in [1.82, 2.24) is 15.5 Å². The molecule has 0 radical (unpaired) electrons. The molecule has 1 heterocycles. The van der Waals surface area contributed by atoms with Gasteiger partial charge in [-0.25, -0.2) is 8.42 Å². The first-order valence-corrected chi connectivity index (χ1v) is 8.73. The van der Waals surface area contributed by atoms with Crippen LogP contribution in [0.15, 0.2) is 33.9 Å². The third kappa shape index (κ3) is 3.84. The molecule has 0 aliphatic carbocycles. The van der Waals surface area contributed by atoms with Crippen LogP contribution < -0.4 is 10.0 Å². The second-order valence-electron chi connectivity index (χ2n) is 4.60. The third-order valence-corrected chi connectivity index (χ3v) is 5.62. The van der Waals surface area contributed by atoms with Crippen molar-refractivity contribution < 1.29 is 8.42 Å². The number of hydrogen-bond acceptors (Lipinski definition) is 4. The molecule has 0 atom stereocenters. The van der Waals surface area contributed by atoms with E-state index in [1.165, 1.54) is 12.4 Å². The van der Waals surface area contributed by atoms with Gasteiger partial charge in [-0.1, -0.05) is 13.0 Å². The summed E-state index contributed by atoms with van der Waals surface area (Å²) in [6.45, 7) is 5.32. The van der Waals surface area contributed by atoms with Crippen molar-refractivity contribution in [2.75, 3.05) is 11.3 Å². The third-order valence-electron chi connectivity index (χ3n) is 2.90. The minimum atomic E-state index is -3.67. The van der Waals surface area contributed by atoms with Crippen LogP contribution in [0.1, 0.15) is 18.1 Å². The molecule has 0 bridgehead atoms. The molecule has 21 heavy (non-hydrogen) atoms. The highest BCUT2D eigenvalue weighted by molar-refractivity contribution is 9.10. The maximum atomic E-state index is 12.5. The van der Waals surface area contributed by atoms with E-state index < -0.39 is 10.0 Å². The Balaban J connectivity index is 2.39. The van der Waals surface area contributed by atoms with Crippen LogP contribution in [-0.4, -0.2) is 25.2 Å². The molecule has 0 saturated heterocycles. The zero-order valence-electron chi connectivity index (χ0n) is 11.8. The lowest BCUT2D eigenvalue weighted by Crippen LogP contribution is -2.16. The zero-order chi connectivity index (χ0) is 15.5. The number of benzene rings is 1. The molecule has 2 aromatic rings. The first kappa shape index (κ1) is 16.0. The molecular weight excluding hydrogens is 356 g/mol.